The summed E-state index contributed by atoms with van der Waals surface area (Å²) in [6.07, 6.45) is 7.34. The quantitative estimate of drug-likeness (QED) is 0.716. The van der Waals surface area contributed by atoms with Crippen LogP contribution >= 0.6 is 0 Å². The standard InChI is InChI=1S/C9H15N3/c1-12-5-4-11-9(12)6-8(10)7-2-3-7/h4-5,7-8H,2-3,6,10H2,1H3. The molecule has 1 saturated carbocycles. The number of nitrogens with two attached hydrogens (primary N) is 1. The summed E-state index contributed by atoms with van der Waals surface area (Å²) in [5.74, 6) is 1.87. The highest BCUT2D eigenvalue weighted by atomic mass is 15.0. The van der Waals surface area contributed by atoms with E-state index in [0.717, 1.165) is 18.2 Å². The Morgan fingerprint density at radius 1 is 1.75 bits per heavy atom. The van der Waals surface area contributed by atoms with Gasteiger partial charge in [0.05, 0.1) is 0 Å². The van der Waals surface area contributed by atoms with E-state index in [0.29, 0.717) is 6.04 Å². The van der Waals surface area contributed by atoms with Crippen LogP contribution in [0, 0.1) is 5.92 Å². The average molecular weight is 165 g/mol. The second kappa shape index (κ2) is 2.90. The molecular weight excluding hydrogens is 150 g/mol. The third-order valence-electron chi connectivity index (χ3n) is 2.57. The van der Waals surface area contributed by atoms with Crippen molar-refractivity contribution >= 4 is 0 Å². The van der Waals surface area contributed by atoms with Crippen molar-refractivity contribution in [2.45, 2.75) is 25.3 Å². The highest BCUT2D eigenvalue weighted by Gasteiger charge is 2.28. The Bertz CT molecular complexity index is 262. The Kier molecular flexibility index (Phi) is 1.89. The highest BCUT2D eigenvalue weighted by molar-refractivity contribution is 4.97. The van der Waals surface area contributed by atoms with Gasteiger partial charge in [0.1, 0.15) is 5.82 Å². The van der Waals surface area contributed by atoms with Crippen LogP contribution in [0.5, 0.6) is 0 Å². The molecule has 0 aromatic carbocycles. The molecule has 12 heavy (non-hydrogen) atoms. The van der Waals surface area contributed by atoms with E-state index in [1.165, 1.54) is 12.8 Å². The average Bonchev–Trinajstić information content (AvgIpc) is 2.80. The first-order valence-corrected chi connectivity index (χ1v) is 4.49. The van der Waals surface area contributed by atoms with Crippen LogP contribution in [0.25, 0.3) is 0 Å². The molecule has 1 aromatic rings. The van der Waals surface area contributed by atoms with Crippen molar-refractivity contribution in [3.05, 3.63) is 18.2 Å². The van der Waals surface area contributed by atoms with E-state index in [9.17, 15) is 0 Å². The van der Waals surface area contributed by atoms with Gasteiger partial charge in [-0.2, -0.15) is 0 Å². The number of aryl methyl sites for hydroxylation is 1. The van der Waals surface area contributed by atoms with Crippen LogP contribution in [0.3, 0.4) is 0 Å². The van der Waals surface area contributed by atoms with Crippen LogP contribution in [0.15, 0.2) is 12.4 Å². The van der Waals surface area contributed by atoms with Crippen molar-refractivity contribution in [1.29, 1.82) is 0 Å². The third kappa shape index (κ3) is 1.50. The number of hydrogen-bond donors (Lipinski definition) is 1. The highest BCUT2D eigenvalue weighted by Crippen LogP contribution is 2.32. The van der Waals surface area contributed by atoms with Crippen LogP contribution in [-0.4, -0.2) is 15.6 Å². The molecule has 1 atom stereocenters. The molecule has 2 rings (SSSR count). The van der Waals surface area contributed by atoms with Gasteiger partial charge in [-0.1, -0.05) is 0 Å². The van der Waals surface area contributed by atoms with Crippen LogP contribution in [0.4, 0.5) is 0 Å². The summed E-state index contributed by atoms with van der Waals surface area (Å²) >= 11 is 0. The normalized spacial score (nSPS) is 19.5. The lowest BCUT2D eigenvalue weighted by molar-refractivity contribution is 0.564. The largest absolute Gasteiger partial charge is 0.338 e. The van der Waals surface area contributed by atoms with Crippen molar-refractivity contribution in [2.24, 2.45) is 18.7 Å². The van der Waals surface area contributed by atoms with Gasteiger partial charge in [-0.25, -0.2) is 4.98 Å². The summed E-state index contributed by atoms with van der Waals surface area (Å²) in [7, 11) is 2.02. The first-order chi connectivity index (χ1) is 5.77. The van der Waals surface area contributed by atoms with E-state index in [-0.39, 0.29) is 0 Å². The SMILES string of the molecule is Cn1ccnc1CC(N)C1CC1. The maximum absolute atomic E-state index is 5.99. The summed E-state index contributed by atoms with van der Waals surface area (Å²) in [5, 5.41) is 0. The zero-order valence-corrected chi connectivity index (χ0v) is 7.40. The number of hydrogen-bond acceptors (Lipinski definition) is 2. The van der Waals surface area contributed by atoms with Gasteiger partial charge in [0, 0.05) is 31.9 Å². The molecule has 0 amide bonds. The number of imidazole rings is 1. The van der Waals surface area contributed by atoms with Crippen molar-refractivity contribution in [2.75, 3.05) is 0 Å². The maximum atomic E-state index is 5.99. The number of aromatic nitrogens is 2. The van der Waals surface area contributed by atoms with Crippen LogP contribution in [0.1, 0.15) is 18.7 Å². The van der Waals surface area contributed by atoms with Gasteiger partial charge in [0.15, 0.2) is 0 Å². The Morgan fingerprint density at radius 2 is 2.50 bits per heavy atom. The van der Waals surface area contributed by atoms with Crippen molar-refractivity contribution in [3.8, 4) is 0 Å². The van der Waals surface area contributed by atoms with Gasteiger partial charge in [-0.15, -0.1) is 0 Å². The molecule has 1 unspecified atom stereocenters. The lowest BCUT2D eigenvalue weighted by atomic mass is 10.1. The van der Waals surface area contributed by atoms with Gasteiger partial charge in [0.25, 0.3) is 0 Å². The topological polar surface area (TPSA) is 43.8 Å². The molecule has 1 heterocycles. The van der Waals surface area contributed by atoms with Crippen LogP contribution in [-0.2, 0) is 13.5 Å². The van der Waals surface area contributed by atoms with Crippen LogP contribution in [0.2, 0.25) is 0 Å². The lowest BCUT2D eigenvalue weighted by Crippen LogP contribution is -2.26. The molecule has 0 bridgehead atoms. The predicted octanol–water partition coefficient (Wildman–Crippen LogP) is 0.700. The smallest absolute Gasteiger partial charge is 0.109 e. The summed E-state index contributed by atoms with van der Waals surface area (Å²) in [4.78, 5) is 4.25. The second-order valence-electron chi connectivity index (χ2n) is 3.66. The molecule has 3 heteroatoms. The fraction of sp³-hybridized carbons (Fsp3) is 0.667. The fourth-order valence-electron chi connectivity index (χ4n) is 1.50. The van der Waals surface area contributed by atoms with Gasteiger partial charge >= 0.3 is 0 Å². The second-order valence-corrected chi connectivity index (χ2v) is 3.66. The molecule has 2 N–H and O–H groups in total. The lowest BCUT2D eigenvalue weighted by Gasteiger charge is -2.08. The monoisotopic (exact) mass is 165 g/mol. The Morgan fingerprint density at radius 3 is 3.00 bits per heavy atom. The molecule has 0 saturated heterocycles. The zero-order valence-electron chi connectivity index (χ0n) is 7.40. The summed E-state index contributed by atoms with van der Waals surface area (Å²) in [6, 6.07) is 0.325. The maximum Gasteiger partial charge on any atom is 0.109 e. The Hall–Kier alpha value is -0.830. The van der Waals surface area contributed by atoms with Gasteiger partial charge < -0.3 is 10.3 Å². The molecule has 1 aliphatic carbocycles. The van der Waals surface area contributed by atoms with Crippen molar-refractivity contribution in [1.82, 2.24) is 9.55 Å². The van der Waals surface area contributed by atoms with E-state index in [4.69, 9.17) is 5.73 Å². The minimum atomic E-state index is 0.325. The molecule has 1 aliphatic rings. The molecule has 1 fully saturated rings. The third-order valence-corrected chi connectivity index (χ3v) is 2.57. The van der Waals surface area contributed by atoms with E-state index < -0.39 is 0 Å². The molecule has 0 spiro atoms. The molecule has 66 valence electrons. The number of rotatable bonds is 3. The minimum absolute atomic E-state index is 0.325. The molecule has 3 nitrogen and oxygen atoms in total. The molecule has 0 aliphatic heterocycles. The first-order valence-electron chi connectivity index (χ1n) is 4.49. The summed E-state index contributed by atoms with van der Waals surface area (Å²) in [6.45, 7) is 0. The predicted molar refractivity (Wildman–Crippen MR) is 47.6 cm³/mol. The van der Waals surface area contributed by atoms with Gasteiger partial charge in [-0.3, -0.25) is 0 Å². The molecule has 0 radical (unpaired) electrons. The van der Waals surface area contributed by atoms with E-state index in [2.05, 4.69) is 4.98 Å². The fourth-order valence-corrected chi connectivity index (χ4v) is 1.50. The van der Waals surface area contributed by atoms with Gasteiger partial charge in [-0.05, 0) is 18.8 Å². The Balaban J connectivity index is 1.97. The van der Waals surface area contributed by atoms with Gasteiger partial charge in [0.2, 0.25) is 0 Å². The number of nitrogens with zero attached hydrogens (tertiary/aromatic N) is 2. The van der Waals surface area contributed by atoms with Crippen molar-refractivity contribution < 1.29 is 0 Å². The van der Waals surface area contributed by atoms with E-state index >= 15 is 0 Å². The van der Waals surface area contributed by atoms with Crippen LogP contribution < -0.4 is 5.73 Å². The van der Waals surface area contributed by atoms with E-state index in [1.807, 2.05) is 24.0 Å². The summed E-state index contributed by atoms with van der Waals surface area (Å²) < 4.78 is 2.04. The van der Waals surface area contributed by atoms with E-state index in [1.54, 1.807) is 0 Å². The minimum Gasteiger partial charge on any atom is -0.338 e. The molecular formula is C9H15N3. The zero-order chi connectivity index (χ0) is 8.55. The van der Waals surface area contributed by atoms with Crippen molar-refractivity contribution in [3.63, 3.8) is 0 Å². The Labute approximate surface area is 72.6 Å². The molecule has 1 aromatic heterocycles. The summed E-state index contributed by atoms with van der Waals surface area (Å²) in [5.41, 5.74) is 5.99. The first kappa shape index (κ1) is 7.80.